The van der Waals surface area contributed by atoms with Gasteiger partial charge < -0.3 is 20.2 Å². The van der Waals surface area contributed by atoms with E-state index in [-0.39, 0.29) is 16.6 Å². The molecule has 0 saturated carbocycles. The van der Waals surface area contributed by atoms with E-state index in [1.807, 2.05) is 19.0 Å². The molecule has 0 fully saturated rings. The number of likely N-dealkylation sites (N-methyl/N-ethyl adjacent to an activating group) is 2. The number of carbonyl (C=O) groups excluding carboxylic acids is 1. The van der Waals surface area contributed by atoms with Crippen molar-refractivity contribution in [2.75, 3.05) is 39.5 Å². The van der Waals surface area contributed by atoms with Gasteiger partial charge in [0, 0.05) is 25.8 Å². The minimum atomic E-state index is -1.13. The number of carbonyl (C=O) groups is 2. The van der Waals surface area contributed by atoms with E-state index in [2.05, 4.69) is 5.32 Å². The Morgan fingerprint density at radius 3 is 2.45 bits per heavy atom. The number of amides is 2. The van der Waals surface area contributed by atoms with E-state index in [0.29, 0.717) is 12.2 Å². The van der Waals surface area contributed by atoms with Gasteiger partial charge in [0.05, 0.1) is 10.6 Å². The Balaban J connectivity index is 2.71. The van der Waals surface area contributed by atoms with Crippen molar-refractivity contribution in [3.8, 4) is 0 Å². The molecule has 1 aromatic rings. The fourth-order valence-corrected chi connectivity index (χ4v) is 1.64. The summed E-state index contributed by atoms with van der Waals surface area (Å²) in [5.74, 6) is -1.13. The molecule has 0 unspecified atom stereocenters. The van der Waals surface area contributed by atoms with E-state index in [1.54, 1.807) is 13.1 Å². The number of anilines is 1. The first-order valence-electron chi connectivity index (χ1n) is 6.01. The lowest BCUT2D eigenvalue weighted by Crippen LogP contribution is -2.36. The first-order chi connectivity index (χ1) is 9.31. The summed E-state index contributed by atoms with van der Waals surface area (Å²) in [5, 5.41) is 11.7. The number of urea groups is 1. The summed E-state index contributed by atoms with van der Waals surface area (Å²) < 4.78 is 0. The second-order valence-corrected chi connectivity index (χ2v) is 5.06. The van der Waals surface area contributed by atoms with Crippen LogP contribution in [0.15, 0.2) is 18.2 Å². The van der Waals surface area contributed by atoms with Crippen LogP contribution in [0, 0.1) is 0 Å². The molecule has 1 aromatic carbocycles. The van der Waals surface area contributed by atoms with Crippen molar-refractivity contribution in [2.45, 2.75) is 0 Å². The minimum Gasteiger partial charge on any atom is -0.478 e. The number of rotatable bonds is 5. The van der Waals surface area contributed by atoms with Crippen molar-refractivity contribution < 1.29 is 14.7 Å². The summed E-state index contributed by atoms with van der Waals surface area (Å²) in [4.78, 5) is 26.4. The van der Waals surface area contributed by atoms with E-state index in [0.717, 1.165) is 6.54 Å². The Labute approximate surface area is 122 Å². The molecule has 0 atom stereocenters. The van der Waals surface area contributed by atoms with Gasteiger partial charge in [-0.25, -0.2) is 9.59 Å². The molecule has 0 aliphatic rings. The standard InChI is InChI=1S/C13H18ClN3O3/c1-16(2)6-7-17(3)13(20)15-9-4-5-11(14)10(8-9)12(18)19/h4-5,8H,6-7H2,1-3H3,(H,15,20)(H,18,19). The Morgan fingerprint density at radius 1 is 1.25 bits per heavy atom. The molecular formula is C13H18ClN3O3. The number of nitrogens with zero attached hydrogens (tertiary/aromatic N) is 2. The average Bonchev–Trinajstić information content (AvgIpc) is 2.37. The number of nitrogens with one attached hydrogen (secondary N) is 1. The molecule has 7 heteroatoms. The predicted octanol–water partition coefficient (Wildman–Crippen LogP) is 2.06. The maximum atomic E-state index is 11.9. The third kappa shape index (κ3) is 4.71. The molecule has 1 rings (SSSR count). The van der Waals surface area contributed by atoms with Gasteiger partial charge in [-0.15, -0.1) is 0 Å². The largest absolute Gasteiger partial charge is 0.478 e. The summed E-state index contributed by atoms with van der Waals surface area (Å²) in [7, 11) is 5.51. The van der Waals surface area contributed by atoms with Crippen molar-refractivity contribution >= 4 is 29.3 Å². The molecule has 20 heavy (non-hydrogen) atoms. The molecule has 0 aromatic heterocycles. The van der Waals surface area contributed by atoms with Crippen molar-refractivity contribution in [3.63, 3.8) is 0 Å². The van der Waals surface area contributed by atoms with Gasteiger partial charge in [-0.1, -0.05) is 11.6 Å². The third-order valence-electron chi connectivity index (χ3n) is 2.68. The van der Waals surface area contributed by atoms with Crippen molar-refractivity contribution in [1.82, 2.24) is 9.80 Å². The summed E-state index contributed by atoms with van der Waals surface area (Å²) in [6.45, 7) is 1.31. The second kappa shape index (κ2) is 7.12. The lowest BCUT2D eigenvalue weighted by molar-refractivity contribution is 0.0697. The highest BCUT2D eigenvalue weighted by molar-refractivity contribution is 6.33. The number of halogens is 1. The smallest absolute Gasteiger partial charge is 0.337 e. The number of aromatic carboxylic acids is 1. The molecule has 0 heterocycles. The molecule has 2 N–H and O–H groups in total. The molecule has 110 valence electrons. The zero-order chi connectivity index (χ0) is 15.3. The van der Waals surface area contributed by atoms with Crippen molar-refractivity contribution in [3.05, 3.63) is 28.8 Å². The fourth-order valence-electron chi connectivity index (χ4n) is 1.44. The van der Waals surface area contributed by atoms with Gasteiger partial charge >= 0.3 is 12.0 Å². The van der Waals surface area contributed by atoms with Gasteiger partial charge in [0.25, 0.3) is 0 Å². The van der Waals surface area contributed by atoms with Crippen LogP contribution >= 0.6 is 11.6 Å². The van der Waals surface area contributed by atoms with Crippen LogP contribution in [0.5, 0.6) is 0 Å². The first-order valence-corrected chi connectivity index (χ1v) is 6.38. The van der Waals surface area contributed by atoms with Crippen LogP contribution in [0.4, 0.5) is 10.5 Å². The van der Waals surface area contributed by atoms with E-state index in [4.69, 9.17) is 16.7 Å². The minimum absolute atomic E-state index is 0.0413. The Morgan fingerprint density at radius 2 is 1.90 bits per heavy atom. The summed E-state index contributed by atoms with van der Waals surface area (Å²) in [6, 6.07) is 4.04. The number of hydrogen-bond acceptors (Lipinski definition) is 3. The van der Waals surface area contributed by atoms with Gasteiger partial charge in [-0.3, -0.25) is 0 Å². The van der Waals surface area contributed by atoms with E-state index in [1.165, 1.54) is 17.0 Å². The molecule has 0 aliphatic heterocycles. The predicted molar refractivity (Wildman–Crippen MR) is 78.6 cm³/mol. The monoisotopic (exact) mass is 299 g/mol. The van der Waals surface area contributed by atoms with Crippen molar-refractivity contribution in [2.24, 2.45) is 0 Å². The number of benzene rings is 1. The lowest BCUT2D eigenvalue weighted by Gasteiger charge is -2.20. The van der Waals surface area contributed by atoms with Gasteiger partial charge in [0.2, 0.25) is 0 Å². The normalized spacial score (nSPS) is 10.4. The van der Waals surface area contributed by atoms with E-state index >= 15 is 0 Å². The quantitative estimate of drug-likeness (QED) is 0.873. The molecule has 6 nitrogen and oxygen atoms in total. The fraction of sp³-hybridized carbons (Fsp3) is 0.385. The van der Waals surface area contributed by atoms with Crippen LogP contribution in [-0.4, -0.2) is 61.1 Å². The van der Waals surface area contributed by atoms with Gasteiger partial charge in [0.1, 0.15) is 0 Å². The topological polar surface area (TPSA) is 72.9 Å². The van der Waals surface area contributed by atoms with Crippen LogP contribution in [0.2, 0.25) is 5.02 Å². The maximum absolute atomic E-state index is 11.9. The summed E-state index contributed by atoms with van der Waals surface area (Å²) in [6.07, 6.45) is 0. The highest BCUT2D eigenvalue weighted by Crippen LogP contribution is 2.20. The highest BCUT2D eigenvalue weighted by Gasteiger charge is 2.13. The molecular weight excluding hydrogens is 282 g/mol. The molecule has 0 spiro atoms. The van der Waals surface area contributed by atoms with Crippen LogP contribution in [0.1, 0.15) is 10.4 Å². The van der Waals surface area contributed by atoms with Gasteiger partial charge in [-0.05, 0) is 32.3 Å². The average molecular weight is 300 g/mol. The highest BCUT2D eigenvalue weighted by atomic mass is 35.5. The molecule has 0 saturated heterocycles. The van der Waals surface area contributed by atoms with Crippen LogP contribution in [0.25, 0.3) is 0 Å². The van der Waals surface area contributed by atoms with Gasteiger partial charge in [0.15, 0.2) is 0 Å². The summed E-state index contributed by atoms with van der Waals surface area (Å²) in [5.41, 5.74) is 0.355. The van der Waals surface area contributed by atoms with Crippen LogP contribution in [-0.2, 0) is 0 Å². The first kappa shape index (κ1) is 16.3. The number of hydrogen-bond donors (Lipinski definition) is 2. The van der Waals surface area contributed by atoms with Crippen LogP contribution < -0.4 is 5.32 Å². The van der Waals surface area contributed by atoms with Crippen LogP contribution in [0.3, 0.4) is 0 Å². The van der Waals surface area contributed by atoms with Crippen molar-refractivity contribution in [1.29, 1.82) is 0 Å². The number of carboxylic acid groups (broad SMARTS) is 1. The second-order valence-electron chi connectivity index (χ2n) is 4.65. The molecule has 0 bridgehead atoms. The number of carboxylic acids is 1. The van der Waals surface area contributed by atoms with E-state index in [9.17, 15) is 9.59 Å². The maximum Gasteiger partial charge on any atom is 0.337 e. The van der Waals surface area contributed by atoms with E-state index < -0.39 is 5.97 Å². The SMILES string of the molecule is CN(C)CCN(C)C(=O)Nc1ccc(Cl)c(C(=O)O)c1. The Kier molecular flexibility index (Phi) is 5.79. The zero-order valence-corrected chi connectivity index (χ0v) is 12.4. The summed E-state index contributed by atoms with van der Waals surface area (Å²) >= 11 is 5.77. The molecule has 0 aliphatic carbocycles. The Hall–Kier alpha value is -1.79. The zero-order valence-electron chi connectivity index (χ0n) is 11.7. The Bertz CT molecular complexity index is 506. The van der Waals surface area contributed by atoms with Gasteiger partial charge in [-0.2, -0.15) is 0 Å². The molecule has 2 amide bonds. The molecule has 0 radical (unpaired) electrons. The lowest BCUT2D eigenvalue weighted by atomic mass is 10.2. The third-order valence-corrected chi connectivity index (χ3v) is 3.01.